The third-order valence-corrected chi connectivity index (χ3v) is 4.71. The third-order valence-electron chi connectivity index (χ3n) is 4.71. The molecule has 3 unspecified atom stereocenters. The number of likely N-dealkylation sites (N-methyl/N-ethyl adjacent to an activating group) is 1. The molecular formula is C17H29N3O. The maximum absolute atomic E-state index is 8.99. The highest BCUT2D eigenvalue weighted by atomic mass is 16.3. The summed E-state index contributed by atoms with van der Waals surface area (Å²) < 4.78 is 0. The van der Waals surface area contributed by atoms with E-state index in [2.05, 4.69) is 60.3 Å². The molecule has 1 aromatic carbocycles. The van der Waals surface area contributed by atoms with Crippen molar-refractivity contribution in [3.63, 3.8) is 0 Å². The summed E-state index contributed by atoms with van der Waals surface area (Å²) >= 11 is 0. The number of anilines is 2. The second-order valence-corrected chi connectivity index (χ2v) is 6.44. The van der Waals surface area contributed by atoms with Gasteiger partial charge in [-0.2, -0.15) is 0 Å². The van der Waals surface area contributed by atoms with Crippen molar-refractivity contribution in [2.75, 3.05) is 44.0 Å². The summed E-state index contributed by atoms with van der Waals surface area (Å²) in [6.45, 7) is 6.62. The SMILES string of the molecule is CC1CN(C)C(C)CC1Nc1ccc(N(C)CCO)cc1. The molecule has 3 atom stereocenters. The number of hydrogen-bond acceptors (Lipinski definition) is 4. The number of hydrogen-bond donors (Lipinski definition) is 2. The zero-order valence-electron chi connectivity index (χ0n) is 13.7. The second-order valence-electron chi connectivity index (χ2n) is 6.44. The number of rotatable bonds is 5. The molecular weight excluding hydrogens is 262 g/mol. The zero-order valence-corrected chi connectivity index (χ0v) is 13.7. The normalized spacial score (nSPS) is 26.6. The number of likely N-dealkylation sites (tertiary alicyclic amines) is 1. The highest BCUT2D eigenvalue weighted by Gasteiger charge is 2.28. The van der Waals surface area contributed by atoms with Crippen LogP contribution in [0.25, 0.3) is 0 Å². The fourth-order valence-electron chi connectivity index (χ4n) is 3.05. The van der Waals surface area contributed by atoms with E-state index in [9.17, 15) is 0 Å². The first kappa shape index (κ1) is 16.1. The Balaban J connectivity index is 1.97. The molecule has 0 radical (unpaired) electrons. The van der Waals surface area contributed by atoms with Gasteiger partial charge in [0.05, 0.1) is 6.61 Å². The lowest BCUT2D eigenvalue weighted by Crippen LogP contribution is -2.48. The van der Waals surface area contributed by atoms with Crippen LogP contribution >= 0.6 is 0 Å². The lowest BCUT2D eigenvalue weighted by molar-refractivity contribution is 0.145. The average Bonchev–Trinajstić information content (AvgIpc) is 2.46. The van der Waals surface area contributed by atoms with E-state index in [1.165, 1.54) is 12.1 Å². The Bertz CT molecular complexity index is 434. The number of nitrogens with zero attached hydrogens (tertiary/aromatic N) is 2. The zero-order chi connectivity index (χ0) is 15.4. The summed E-state index contributed by atoms with van der Waals surface area (Å²) in [5.74, 6) is 0.655. The fraction of sp³-hybridized carbons (Fsp3) is 0.647. The molecule has 0 saturated carbocycles. The monoisotopic (exact) mass is 291 g/mol. The molecule has 21 heavy (non-hydrogen) atoms. The van der Waals surface area contributed by atoms with E-state index < -0.39 is 0 Å². The minimum atomic E-state index is 0.182. The van der Waals surface area contributed by atoms with Crippen molar-refractivity contribution in [3.05, 3.63) is 24.3 Å². The largest absolute Gasteiger partial charge is 0.395 e. The van der Waals surface area contributed by atoms with Gasteiger partial charge < -0.3 is 20.2 Å². The molecule has 1 heterocycles. The van der Waals surface area contributed by atoms with Crippen LogP contribution in [-0.2, 0) is 0 Å². The van der Waals surface area contributed by atoms with Gasteiger partial charge in [-0.05, 0) is 50.6 Å². The van der Waals surface area contributed by atoms with Crippen LogP contribution in [0.5, 0.6) is 0 Å². The Morgan fingerprint density at radius 3 is 2.57 bits per heavy atom. The van der Waals surface area contributed by atoms with Crippen LogP contribution in [0.4, 0.5) is 11.4 Å². The highest BCUT2D eigenvalue weighted by Crippen LogP contribution is 2.25. The van der Waals surface area contributed by atoms with Crippen LogP contribution in [0.3, 0.4) is 0 Å². The van der Waals surface area contributed by atoms with Crippen LogP contribution < -0.4 is 10.2 Å². The Morgan fingerprint density at radius 2 is 1.95 bits per heavy atom. The van der Waals surface area contributed by atoms with Crippen molar-refractivity contribution in [1.29, 1.82) is 0 Å². The van der Waals surface area contributed by atoms with E-state index in [0.29, 0.717) is 24.5 Å². The molecule has 0 aromatic heterocycles. The van der Waals surface area contributed by atoms with Gasteiger partial charge in [-0.15, -0.1) is 0 Å². The van der Waals surface area contributed by atoms with Gasteiger partial charge in [0.2, 0.25) is 0 Å². The molecule has 1 aliphatic rings. The molecule has 2 N–H and O–H groups in total. The number of piperidine rings is 1. The molecule has 1 aliphatic heterocycles. The minimum absolute atomic E-state index is 0.182. The van der Waals surface area contributed by atoms with Crippen LogP contribution in [0, 0.1) is 5.92 Å². The molecule has 0 spiro atoms. The molecule has 4 nitrogen and oxygen atoms in total. The first-order valence-electron chi connectivity index (χ1n) is 7.90. The molecule has 0 amide bonds. The summed E-state index contributed by atoms with van der Waals surface area (Å²) in [5, 5.41) is 12.7. The first-order valence-corrected chi connectivity index (χ1v) is 7.90. The lowest BCUT2D eigenvalue weighted by atomic mass is 9.89. The van der Waals surface area contributed by atoms with E-state index in [4.69, 9.17) is 5.11 Å². The van der Waals surface area contributed by atoms with Gasteiger partial charge in [-0.25, -0.2) is 0 Å². The smallest absolute Gasteiger partial charge is 0.0606 e. The van der Waals surface area contributed by atoms with Gasteiger partial charge in [-0.3, -0.25) is 0 Å². The standard InChI is InChI=1S/C17H29N3O/c1-13-12-20(4)14(2)11-17(13)18-15-5-7-16(8-6-15)19(3)9-10-21/h5-8,13-14,17-18,21H,9-12H2,1-4H3. The van der Waals surface area contributed by atoms with Crippen LogP contribution in [0.2, 0.25) is 0 Å². The fourth-order valence-corrected chi connectivity index (χ4v) is 3.05. The highest BCUT2D eigenvalue weighted by molar-refractivity contribution is 5.55. The van der Waals surface area contributed by atoms with Crippen LogP contribution in [-0.4, -0.2) is 55.9 Å². The van der Waals surface area contributed by atoms with Crippen LogP contribution in [0.15, 0.2) is 24.3 Å². The van der Waals surface area contributed by atoms with E-state index >= 15 is 0 Å². The average molecular weight is 291 g/mol. The van der Waals surface area contributed by atoms with Gasteiger partial charge in [0.25, 0.3) is 0 Å². The Hall–Kier alpha value is -1.26. The summed E-state index contributed by atoms with van der Waals surface area (Å²) in [4.78, 5) is 4.50. The van der Waals surface area contributed by atoms with Crippen molar-refractivity contribution in [2.45, 2.75) is 32.4 Å². The molecule has 2 rings (SSSR count). The third kappa shape index (κ3) is 4.11. The summed E-state index contributed by atoms with van der Waals surface area (Å²) in [6, 6.07) is 9.67. The predicted molar refractivity (Wildman–Crippen MR) is 90.1 cm³/mol. The maximum Gasteiger partial charge on any atom is 0.0606 e. The first-order chi connectivity index (χ1) is 10.0. The summed E-state index contributed by atoms with van der Waals surface area (Å²) in [6.07, 6.45) is 1.18. The lowest BCUT2D eigenvalue weighted by Gasteiger charge is -2.40. The second kappa shape index (κ2) is 7.14. The van der Waals surface area contributed by atoms with Gasteiger partial charge in [-0.1, -0.05) is 6.92 Å². The van der Waals surface area contributed by atoms with Gasteiger partial charge >= 0.3 is 0 Å². The van der Waals surface area contributed by atoms with Gasteiger partial charge in [0, 0.05) is 43.6 Å². The Kier molecular flexibility index (Phi) is 5.48. The molecule has 1 saturated heterocycles. The van der Waals surface area contributed by atoms with E-state index in [1.54, 1.807) is 0 Å². The number of aliphatic hydroxyl groups excluding tert-OH is 1. The van der Waals surface area contributed by atoms with Crippen molar-refractivity contribution in [2.24, 2.45) is 5.92 Å². The molecule has 0 bridgehead atoms. The summed E-state index contributed by atoms with van der Waals surface area (Å²) in [7, 11) is 4.21. The van der Waals surface area contributed by atoms with Crippen molar-refractivity contribution in [3.8, 4) is 0 Å². The number of benzene rings is 1. The Morgan fingerprint density at radius 1 is 1.29 bits per heavy atom. The van der Waals surface area contributed by atoms with E-state index in [1.807, 2.05) is 7.05 Å². The quantitative estimate of drug-likeness (QED) is 0.873. The molecule has 1 fully saturated rings. The van der Waals surface area contributed by atoms with Crippen molar-refractivity contribution >= 4 is 11.4 Å². The van der Waals surface area contributed by atoms with Gasteiger partial charge in [0.1, 0.15) is 0 Å². The molecule has 4 heteroatoms. The number of aliphatic hydroxyl groups is 1. The maximum atomic E-state index is 8.99. The summed E-state index contributed by atoms with van der Waals surface area (Å²) in [5.41, 5.74) is 2.32. The van der Waals surface area contributed by atoms with Crippen molar-refractivity contribution < 1.29 is 5.11 Å². The van der Waals surface area contributed by atoms with E-state index in [-0.39, 0.29) is 6.61 Å². The number of nitrogens with one attached hydrogen (secondary N) is 1. The van der Waals surface area contributed by atoms with Crippen LogP contribution in [0.1, 0.15) is 20.3 Å². The molecule has 1 aromatic rings. The minimum Gasteiger partial charge on any atom is -0.395 e. The Labute approximate surface area is 128 Å². The van der Waals surface area contributed by atoms with Crippen molar-refractivity contribution in [1.82, 2.24) is 4.90 Å². The van der Waals surface area contributed by atoms with E-state index in [0.717, 1.165) is 12.2 Å². The topological polar surface area (TPSA) is 38.7 Å². The molecule has 118 valence electrons. The van der Waals surface area contributed by atoms with Gasteiger partial charge in [0.15, 0.2) is 0 Å². The predicted octanol–water partition coefficient (Wildman–Crippen LogP) is 2.26. The molecule has 0 aliphatic carbocycles.